The molecule has 0 atom stereocenters. The third-order valence-electron chi connectivity index (χ3n) is 4.75. The summed E-state index contributed by atoms with van der Waals surface area (Å²) in [7, 11) is 0. The number of rotatable bonds is 9. The zero-order valence-electron chi connectivity index (χ0n) is 16.9. The van der Waals surface area contributed by atoms with Gasteiger partial charge in [-0.3, -0.25) is 9.59 Å². The average molecular weight is 406 g/mol. The molecule has 0 aromatic heterocycles. The van der Waals surface area contributed by atoms with Crippen molar-refractivity contribution in [3.05, 3.63) is 65.2 Å². The highest BCUT2D eigenvalue weighted by atomic mass is 16.5. The molecule has 0 saturated carbocycles. The highest BCUT2D eigenvalue weighted by Gasteiger charge is 2.20. The fourth-order valence-corrected chi connectivity index (χ4v) is 3.17. The highest BCUT2D eigenvalue weighted by molar-refractivity contribution is 5.95. The normalized spacial score (nSPS) is 12.0. The SMILES string of the molecule is O=C(CCOCCCO)NCCC(=O)N1Cc2ccccc2C#Cc2ccccc21. The van der Waals surface area contributed by atoms with Crippen molar-refractivity contribution in [2.45, 2.75) is 25.8 Å². The maximum atomic E-state index is 13.0. The Bertz CT molecular complexity index is 945. The highest BCUT2D eigenvalue weighted by Crippen LogP contribution is 2.25. The molecule has 2 N–H and O–H groups in total. The lowest BCUT2D eigenvalue weighted by atomic mass is 10.0. The van der Waals surface area contributed by atoms with Crippen molar-refractivity contribution in [3.8, 4) is 11.8 Å². The zero-order chi connectivity index (χ0) is 21.2. The van der Waals surface area contributed by atoms with E-state index in [0.717, 1.165) is 22.4 Å². The summed E-state index contributed by atoms with van der Waals surface area (Å²) in [6.07, 6.45) is 0.983. The van der Waals surface area contributed by atoms with Gasteiger partial charge in [0.15, 0.2) is 0 Å². The molecule has 0 spiro atoms. The van der Waals surface area contributed by atoms with Crippen LogP contribution in [0.1, 0.15) is 36.0 Å². The molecule has 1 aliphatic rings. The van der Waals surface area contributed by atoms with Gasteiger partial charge in [0.05, 0.1) is 18.8 Å². The minimum atomic E-state index is -0.156. The maximum absolute atomic E-state index is 13.0. The Balaban J connectivity index is 1.60. The van der Waals surface area contributed by atoms with Crippen LogP contribution in [-0.2, 0) is 20.9 Å². The predicted octanol–water partition coefficient (Wildman–Crippen LogP) is 2.23. The smallest absolute Gasteiger partial charge is 0.229 e. The van der Waals surface area contributed by atoms with Gasteiger partial charge < -0.3 is 20.1 Å². The van der Waals surface area contributed by atoms with Crippen molar-refractivity contribution in [1.82, 2.24) is 5.32 Å². The van der Waals surface area contributed by atoms with Crippen molar-refractivity contribution in [2.75, 3.05) is 31.3 Å². The summed E-state index contributed by atoms with van der Waals surface area (Å²) in [6, 6.07) is 15.4. The van der Waals surface area contributed by atoms with Crippen LogP contribution < -0.4 is 10.2 Å². The summed E-state index contributed by atoms with van der Waals surface area (Å²) in [5.74, 6) is 6.15. The van der Waals surface area contributed by atoms with Crippen molar-refractivity contribution < 1.29 is 19.4 Å². The first-order valence-corrected chi connectivity index (χ1v) is 10.1. The summed E-state index contributed by atoms with van der Waals surface area (Å²) in [4.78, 5) is 26.7. The number of fused-ring (bicyclic) bond motifs is 2. The summed E-state index contributed by atoms with van der Waals surface area (Å²) in [5, 5.41) is 11.5. The average Bonchev–Trinajstić information content (AvgIpc) is 2.75. The second-order valence-corrected chi connectivity index (χ2v) is 6.94. The van der Waals surface area contributed by atoms with Gasteiger partial charge in [-0.2, -0.15) is 0 Å². The van der Waals surface area contributed by atoms with Gasteiger partial charge in [-0.1, -0.05) is 42.2 Å². The molecule has 3 rings (SSSR count). The monoisotopic (exact) mass is 406 g/mol. The summed E-state index contributed by atoms with van der Waals surface area (Å²) < 4.78 is 5.26. The van der Waals surface area contributed by atoms with E-state index in [9.17, 15) is 9.59 Å². The summed E-state index contributed by atoms with van der Waals surface area (Å²) in [6.45, 7) is 1.51. The topological polar surface area (TPSA) is 78.9 Å². The molecule has 0 fully saturated rings. The molecular formula is C24H26N2O4. The van der Waals surface area contributed by atoms with E-state index >= 15 is 0 Å². The number of aliphatic hydroxyl groups is 1. The lowest BCUT2D eigenvalue weighted by Gasteiger charge is -2.26. The molecule has 0 bridgehead atoms. The Morgan fingerprint density at radius 2 is 1.73 bits per heavy atom. The standard InChI is InChI=1S/C24H26N2O4/c27-15-5-16-30-17-13-23(28)25-14-12-24(29)26-18-21-8-2-1-6-19(21)10-11-20-7-3-4-9-22(20)26/h1-4,6-9,27H,5,12-18H2,(H,25,28). The molecule has 30 heavy (non-hydrogen) atoms. The Labute approximate surface area is 176 Å². The van der Waals surface area contributed by atoms with Gasteiger partial charge in [-0.15, -0.1) is 0 Å². The van der Waals surface area contributed by atoms with Gasteiger partial charge in [0.2, 0.25) is 11.8 Å². The van der Waals surface area contributed by atoms with E-state index in [0.29, 0.717) is 26.2 Å². The number of para-hydroxylation sites is 1. The minimum absolute atomic E-state index is 0.0690. The number of carbonyl (C=O) groups excluding carboxylic acids is 2. The van der Waals surface area contributed by atoms with Crippen LogP contribution in [-0.4, -0.2) is 43.3 Å². The van der Waals surface area contributed by atoms with Gasteiger partial charge in [-0.05, 0) is 30.2 Å². The van der Waals surface area contributed by atoms with E-state index < -0.39 is 0 Å². The van der Waals surface area contributed by atoms with E-state index in [2.05, 4.69) is 17.2 Å². The van der Waals surface area contributed by atoms with Crippen molar-refractivity contribution in [2.24, 2.45) is 0 Å². The number of hydrogen-bond donors (Lipinski definition) is 2. The first kappa shape index (κ1) is 21.6. The van der Waals surface area contributed by atoms with Crippen LogP contribution in [0.15, 0.2) is 48.5 Å². The van der Waals surface area contributed by atoms with Gasteiger partial charge >= 0.3 is 0 Å². The largest absolute Gasteiger partial charge is 0.396 e. The number of nitrogens with zero attached hydrogens (tertiary/aromatic N) is 1. The van der Waals surface area contributed by atoms with Crippen LogP contribution >= 0.6 is 0 Å². The van der Waals surface area contributed by atoms with E-state index in [4.69, 9.17) is 9.84 Å². The Kier molecular flexibility index (Phi) is 8.02. The van der Waals surface area contributed by atoms with Gasteiger partial charge in [0.25, 0.3) is 0 Å². The van der Waals surface area contributed by atoms with E-state index in [-0.39, 0.29) is 37.8 Å². The molecule has 0 radical (unpaired) electrons. The number of amides is 2. The fourth-order valence-electron chi connectivity index (χ4n) is 3.17. The zero-order valence-corrected chi connectivity index (χ0v) is 16.9. The van der Waals surface area contributed by atoms with Crippen molar-refractivity contribution in [3.63, 3.8) is 0 Å². The molecule has 6 heteroatoms. The maximum Gasteiger partial charge on any atom is 0.229 e. The van der Waals surface area contributed by atoms with Crippen molar-refractivity contribution >= 4 is 17.5 Å². The van der Waals surface area contributed by atoms with Crippen LogP contribution in [0.2, 0.25) is 0 Å². The van der Waals surface area contributed by atoms with Gasteiger partial charge in [0.1, 0.15) is 0 Å². The first-order valence-electron chi connectivity index (χ1n) is 10.1. The molecule has 6 nitrogen and oxygen atoms in total. The quantitative estimate of drug-likeness (QED) is 0.495. The molecule has 0 unspecified atom stereocenters. The lowest BCUT2D eigenvalue weighted by molar-refractivity contribution is -0.122. The van der Waals surface area contributed by atoms with Gasteiger partial charge in [0, 0.05) is 43.7 Å². The number of anilines is 1. The molecule has 2 aromatic carbocycles. The number of benzene rings is 2. The van der Waals surface area contributed by atoms with Crippen LogP contribution in [0.5, 0.6) is 0 Å². The molecule has 0 aliphatic carbocycles. The second kappa shape index (κ2) is 11.1. The number of hydrogen-bond acceptors (Lipinski definition) is 4. The van der Waals surface area contributed by atoms with E-state index in [1.165, 1.54) is 0 Å². The minimum Gasteiger partial charge on any atom is -0.396 e. The molecule has 0 saturated heterocycles. The second-order valence-electron chi connectivity index (χ2n) is 6.94. The summed E-state index contributed by atoms with van der Waals surface area (Å²) >= 11 is 0. The van der Waals surface area contributed by atoms with Crippen LogP contribution in [0.4, 0.5) is 5.69 Å². The summed E-state index contributed by atoms with van der Waals surface area (Å²) in [5.41, 5.74) is 3.51. The first-order chi connectivity index (χ1) is 14.7. The molecule has 156 valence electrons. The number of ether oxygens (including phenoxy) is 1. The van der Waals surface area contributed by atoms with Crippen LogP contribution in [0.25, 0.3) is 0 Å². The van der Waals surface area contributed by atoms with Crippen LogP contribution in [0, 0.1) is 11.8 Å². The third-order valence-corrected chi connectivity index (χ3v) is 4.75. The van der Waals surface area contributed by atoms with E-state index in [1.807, 2.05) is 48.5 Å². The molecule has 2 aromatic rings. The van der Waals surface area contributed by atoms with Crippen molar-refractivity contribution in [1.29, 1.82) is 0 Å². The number of nitrogens with one attached hydrogen (secondary N) is 1. The Morgan fingerprint density at radius 1 is 1.00 bits per heavy atom. The predicted molar refractivity (Wildman–Crippen MR) is 115 cm³/mol. The lowest BCUT2D eigenvalue weighted by Crippen LogP contribution is -2.35. The molecule has 2 amide bonds. The third kappa shape index (κ3) is 5.93. The molecule has 1 heterocycles. The Hall–Kier alpha value is -3.14. The molecular weight excluding hydrogens is 380 g/mol. The van der Waals surface area contributed by atoms with Gasteiger partial charge in [-0.25, -0.2) is 0 Å². The fraction of sp³-hybridized carbons (Fsp3) is 0.333. The Morgan fingerprint density at radius 3 is 2.57 bits per heavy atom. The number of aliphatic hydroxyl groups excluding tert-OH is 1. The van der Waals surface area contributed by atoms with E-state index in [1.54, 1.807) is 4.90 Å². The van der Waals surface area contributed by atoms with Crippen LogP contribution in [0.3, 0.4) is 0 Å². The molecule has 1 aliphatic heterocycles. The number of carbonyl (C=O) groups is 2.